The lowest BCUT2D eigenvalue weighted by atomic mass is 9.94. The highest BCUT2D eigenvalue weighted by Gasteiger charge is 2.34. The zero-order valence-electron chi connectivity index (χ0n) is 11.0. The van der Waals surface area contributed by atoms with Crippen LogP contribution in [-0.2, 0) is 17.8 Å². The average Bonchev–Trinajstić information content (AvgIpc) is 2.36. The summed E-state index contributed by atoms with van der Waals surface area (Å²) in [5.41, 5.74) is 4.57. The number of hydrogen-bond donors (Lipinski definition) is 2. The second kappa shape index (κ2) is 5.27. The molecule has 1 atom stereocenters. The summed E-state index contributed by atoms with van der Waals surface area (Å²) in [6.07, 6.45) is 0.340. The summed E-state index contributed by atoms with van der Waals surface area (Å²) >= 11 is 0. The molecule has 1 heterocycles. The molecule has 2 rings (SSSR count). The maximum Gasteiger partial charge on any atom is 0.332 e. The lowest BCUT2D eigenvalue weighted by Crippen LogP contribution is -2.54. The molecule has 0 radical (unpaired) electrons. The van der Waals surface area contributed by atoms with Crippen molar-refractivity contribution in [3.8, 4) is 0 Å². The Bertz CT molecular complexity index is 502. The van der Waals surface area contributed by atoms with E-state index >= 15 is 0 Å². The smallest absolute Gasteiger partial charge is 0.332 e. The SMILES string of the molecule is CN(C)NC(=O)N1Cc2ccccc2CC1C(=O)O. The number of carboxylic acids is 1. The number of carboxylic acid groups (broad SMARTS) is 1. The number of carbonyl (C=O) groups excluding carboxylic acids is 1. The van der Waals surface area contributed by atoms with E-state index in [1.165, 1.54) is 9.91 Å². The molecule has 1 aromatic rings. The van der Waals surface area contributed by atoms with Gasteiger partial charge in [-0.15, -0.1) is 0 Å². The van der Waals surface area contributed by atoms with Gasteiger partial charge in [0.15, 0.2) is 0 Å². The first-order valence-electron chi connectivity index (χ1n) is 6.03. The van der Waals surface area contributed by atoms with Gasteiger partial charge in [0.25, 0.3) is 0 Å². The summed E-state index contributed by atoms with van der Waals surface area (Å²) in [7, 11) is 3.37. The number of nitrogens with zero attached hydrogens (tertiary/aromatic N) is 2. The van der Waals surface area contributed by atoms with Crippen LogP contribution in [-0.4, -0.2) is 47.2 Å². The van der Waals surface area contributed by atoms with Crippen LogP contribution in [0.4, 0.5) is 4.79 Å². The van der Waals surface area contributed by atoms with Crippen molar-refractivity contribution in [2.75, 3.05) is 14.1 Å². The van der Waals surface area contributed by atoms with Crippen LogP contribution in [0.5, 0.6) is 0 Å². The fourth-order valence-electron chi connectivity index (χ4n) is 2.21. The second-order valence-corrected chi connectivity index (χ2v) is 4.77. The summed E-state index contributed by atoms with van der Waals surface area (Å²) < 4.78 is 0. The van der Waals surface area contributed by atoms with E-state index in [1.807, 2.05) is 24.3 Å². The van der Waals surface area contributed by atoms with Crippen LogP contribution < -0.4 is 5.43 Å². The van der Waals surface area contributed by atoms with Crippen molar-refractivity contribution in [1.82, 2.24) is 15.3 Å². The Hall–Kier alpha value is -2.08. The van der Waals surface area contributed by atoms with E-state index in [-0.39, 0.29) is 0 Å². The monoisotopic (exact) mass is 263 g/mol. The number of hydrazine groups is 1. The largest absolute Gasteiger partial charge is 0.480 e. The zero-order valence-corrected chi connectivity index (χ0v) is 11.0. The van der Waals surface area contributed by atoms with Gasteiger partial charge in [0.2, 0.25) is 0 Å². The highest BCUT2D eigenvalue weighted by Crippen LogP contribution is 2.23. The Morgan fingerprint density at radius 3 is 2.53 bits per heavy atom. The Balaban J connectivity index is 2.26. The van der Waals surface area contributed by atoms with Crippen LogP contribution in [0.1, 0.15) is 11.1 Å². The van der Waals surface area contributed by atoms with Crippen molar-refractivity contribution >= 4 is 12.0 Å². The summed E-state index contributed by atoms with van der Waals surface area (Å²) in [5.74, 6) is -0.983. The van der Waals surface area contributed by atoms with Gasteiger partial charge in [-0.25, -0.2) is 14.6 Å². The molecule has 6 nitrogen and oxygen atoms in total. The molecule has 2 amide bonds. The van der Waals surface area contributed by atoms with E-state index in [0.717, 1.165) is 11.1 Å². The summed E-state index contributed by atoms with van der Waals surface area (Å²) in [5, 5.41) is 10.8. The number of carbonyl (C=O) groups is 2. The maximum absolute atomic E-state index is 12.0. The standard InChI is InChI=1S/C13H17N3O3/c1-15(2)14-13(19)16-8-10-6-4-3-5-9(10)7-11(16)12(17)18/h3-6,11H,7-8H2,1-2H3,(H,14,19)(H,17,18). The van der Waals surface area contributed by atoms with Crippen LogP contribution >= 0.6 is 0 Å². The number of amides is 2. The molecule has 1 unspecified atom stereocenters. The first-order valence-corrected chi connectivity index (χ1v) is 6.03. The van der Waals surface area contributed by atoms with Gasteiger partial charge in [-0.3, -0.25) is 5.43 Å². The number of benzene rings is 1. The number of urea groups is 1. The predicted octanol–water partition coefficient (Wildman–Crippen LogP) is 0.684. The molecule has 2 N–H and O–H groups in total. The van der Waals surface area contributed by atoms with E-state index in [4.69, 9.17) is 0 Å². The van der Waals surface area contributed by atoms with Gasteiger partial charge in [-0.05, 0) is 11.1 Å². The van der Waals surface area contributed by atoms with E-state index in [0.29, 0.717) is 13.0 Å². The van der Waals surface area contributed by atoms with Crippen molar-refractivity contribution in [1.29, 1.82) is 0 Å². The topological polar surface area (TPSA) is 72.9 Å². The van der Waals surface area contributed by atoms with Gasteiger partial charge >= 0.3 is 12.0 Å². The Labute approximate surface area is 111 Å². The molecule has 0 aromatic heterocycles. The highest BCUT2D eigenvalue weighted by molar-refractivity contribution is 5.83. The van der Waals surface area contributed by atoms with Gasteiger partial charge in [0.1, 0.15) is 6.04 Å². The lowest BCUT2D eigenvalue weighted by molar-refractivity contribution is -0.142. The number of nitrogens with one attached hydrogen (secondary N) is 1. The van der Waals surface area contributed by atoms with Crippen LogP contribution in [0.2, 0.25) is 0 Å². The number of fused-ring (bicyclic) bond motifs is 1. The van der Waals surface area contributed by atoms with Crippen LogP contribution in [0.15, 0.2) is 24.3 Å². The molecule has 19 heavy (non-hydrogen) atoms. The minimum absolute atomic E-state index is 0.312. The Morgan fingerprint density at radius 2 is 1.95 bits per heavy atom. The van der Waals surface area contributed by atoms with Gasteiger partial charge < -0.3 is 10.0 Å². The Kier molecular flexibility index (Phi) is 3.71. The van der Waals surface area contributed by atoms with Crippen molar-refractivity contribution in [3.05, 3.63) is 35.4 Å². The third-order valence-electron chi connectivity index (χ3n) is 3.11. The van der Waals surface area contributed by atoms with Crippen LogP contribution in [0, 0.1) is 0 Å². The van der Waals surface area contributed by atoms with Crippen molar-refractivity contribution in [2.45, 2.75) is 19.0 Å². The molecule has 0 spiro atoms. The number of hydrogen-bond acceptors (Lipinski definition) is 3. The van der Waals surface area contributed by atoms with Gasteiger partial charge in [0.05, 0.1) is 0 Å². The maximum atomic E-state index is 12.0. The lowest BCUT2D eigenvalue weighted by Gasteiger charge is -2.35. The fraction of sp³-hybridized carbons (Fsp3) is 0.385. The predicted molar refractivity (Wildman–Crippen MR) is 69.3 cm³/mol. The van der Waals surface area contributed by atoms with Gasteiger partial charge in [0, 0.05) is 27.1 Å². The van der Waals surface area contributed by atoms with E-state index in [9.17, 15) is 14.7 Å². The number of rotatable bonds is 2. The molecule has 0 saturated carbocycles. The summed E-state index contributed by atoms with van der Waals surface area (Å²) in [4.78, 5) is 24.7. The summed E-state index contributed by atoms with van der Waals surface area (Å²) in [6.45, 7) is 0.312. The minimum atomic E-state index is -0.983. The quantitative estimate of drug-likeness (QED) is 0.770. The van der Waals surface area contributed by atoms with Crippen molar-refractivity contribution in [3.63, 3.8) is 0 Å². The second-order valence-electron chi connectivity index (χ2n) is 4.77. The van der Waals surface area contributed by atoms with Crippen LogP contribution in [0.3, 0.4) is 0 Å². The molecule has 6 heteroatoms. The van der Waals surface area contributed by atoms with Gasteiger partial charge in [-0.2, -0.15) is 0 Å². The first-order chi connectivity index (χ1) is 8.99. The third kappa shape index (κ3) is 2.85. The molecular weight excluding hydrogens is 246 g/mol. The van der Waals surface area contributed by atoms with Crippen molar-refractivity contribution < 1.29 is 14.7 Å². The molecule has 102 valence electrons. The normalized spacial score (nSPS) is 18.1. The molecule has 1 aromatic carbocycles. The van der Waals surface area contributed by atoms with E-state index < -0.39 is 18.0 Å². The molecular formula is C13H17N3O3. The average molecular weight is 263 g/mol. The van der Waals surface area contributed by atoms with E-state index in [1.54, 1.807) is 14.1 Å². The minimum Gasteiger partial charge on any atom is -0.480 e. The molecule has 1 aliphatic rings. The molecule has 0 saturated heterocycles. The Morgan fingerprint density at radius 1 is 1.32 bits per heavy atom. The highest BCUT2D eigenvalue weighted by atomic mass is 16.4. The zero-order chi connectivity index (χ0) is 14.0. The molecule has 0 bridgehead atoms. The number of aliphatic carboxylic acids is 1. The first kappa shape index (κ1) is 13.4. The van der Waals surface area contributed by atoms with Gasteiger partial charge in [-0.1, -0.05) is 24.3 Å². The fourth-order valence-corrected chi connectivity index (χ4v) is 2.21. The third-order valence-corrected chi connectivity index (χ3v) is 3.11. The van der Waals surface area contributed by atoms with E-state index in [2.05, 4.69) is 5.43 Å². The van der Waals surface area contributed by atoms with Crippen LogP contribution in [0.25, 0.3) is 0 Å². The molecule has 0 aliphatic carbocycles. The van der Waals surface area contributed by atoms with Crippen molar-refractivity contribution in [2.24, 2.45) is 0 Å². The molecule has 0 fully saturated rings. The summed E-state index contributed by atoms with van der Waals surface area (Å²) in [6, 6.07) is 6.38. The molecule has 1 aliphatic heterocycles.